The first-order valence-electron chi connectivity index (χ1n) is 6.32. The topological polar surface area (TPSA) is 122 Å². The average molecular weight is 353 g/mol. The van der Waals surface area contributed by atoms with Crippen LogP contribution >= 0.6 is 11.6 Å². The van der Waals surface area contributed by atoms with E-state index in [0.717, 1.165) is 24.3 Å². The Bertz CT molecular complexity index is 838. The van der Waals surface area contributed by atoms with Crippen LogP contribution in [-0.4, -0.2) is 22.9 Å². The Kier molecular flexibility index (Phi) is 4.95. The number of hydrogen-bond donors (Lipinski definition) is 0. The number of nitrogens with zero attached hydrogens (tertiary/aromatic N) is 2. The quantitative estimate of drug-likeness (QED) is 0.350. The molecular formula is C14H9ClN2O7. The molecule has 9 nitrogen and oxygen atoms in total. The molecule has 0 atom stereocenters. The summed E-state index contributed by atoms with van der Waals surface area (Å²) < 4.78 is 9.86. The van der Waals surface area contributed by atoms with E-state index in [1.165, 1.54) is 19.2 Å². The number of ether oxygens (including phenoxy) is 2. The van der Waals surface area contributed by atoms with Crippen molar-refractivity contribution in [3.05, 3.63) is 67.2 Å². The van der Waals surface area contributed by atoms with Crippen molar-refractivity contribution in [1.82, 2.24) is 0 Å². The van der Waals surface area contributed by atoms with Crippen molar-refractivity contribution >= 4 is 28.9 Å². The van der Waals surface area contributed by atoms with Gasteiger partial charge in [0.25, 0.3) is 5.69 Å². The number of nitro groups is 2. The molecule has 0 aromatic heterocycles. The Morgan fingerprint density at radius 3 is 2.33 bits per heavy atom. The molecule has 10 heteroatoms. The van der Waals surface area contributed by atoms with Crippen LogP contribution in [0.5, 0.6) is 11.5 Å². The normalized spacial score (nSPS) is 10.1. The lowest BCUT2D eigenvalue weighted by Crippen LogP contribution is -2.10. The van der Waals surface area contributed by atoms with E-state index in [1.807, 2.05) is 0 Å². The summed E-state index contributed by atoms with van der Waals surface area (Å²) in [4.78, 5) is 32.4. The number of benzene rings is 2. The first-order chi connectivity index (χ1) is 11.3. The molecule has 0 unspecified atom stereocenters. The molecule has 0 saturated carbocycles. The minimum Gasteiger partial charge on any atom is -0.496 e. The zero-order chi connectivity index (χ0) is 17.9. The highest BCUT2D eigenvalue weighted by molar-refractivity contribution is 6.33. The van der Waals surface area contributed by atoms with Crippen molar-refractivity contribution in [2.75, 3.05) is 7.11 Å². The molecule has 0 heterocycles. The summed E-state index contributed by atoms with van der Waals surface area (Å²) in [6.07, 6.45) is 0. The number of halogens is 1. The first-order valence-corrected chi connectivity index (χ1v) is 6.70. The van der Waals surface area contributed by atoms with Gasteiger partial charge in [-0.1, -0.05) is 11.6 Å². The van der Waals surface area contributed by atoms with Gasteiger partial charge in [-0.25, -0.2) is 4.79 Å². The molecule has 2 aromatic carbocycles. The highest BCUT2D eigenvalue weighted by Gasteiger charge is 2.22. The summed E-state index contributed by atoms with van der Waals surface area (Å²) in [5.41, 5.74) is -0.930. The maximum absolute atomic E-state index is 12.1. The van der Waals surface area contributed by atoms with Crippen molar-refractivity contribution in [3.63, 3.8) is 0 Å². The maximum atomic E-state index is 12.1. The fourth-order valence-electron chi connectivity index (χ4n) is 1.79. The van der Waals surface area contributed by atoms with Crippen molar-refractivity contribution in [2.45, 2.75) is 0 Å². The van der Waals surface area contributed by atoms with Crippen molar-refractivity contribution < 1.29 is 24.1 Å². The molecule has 2 aromatic rings. The lowest BCUT2D eigenvalue weighted by molar-refractivity contribution is -0.385. The molecule has 0 bridgehead atoms. The number of carbonyl (C=O) groups excluding carboxylic acids is 1. The molecule has 24 heavy (non-hydrogen) atoms. The average Bonchev–Trinajstić information content (AvgIpc) is 2.54. The Balaban J connectivity index is 2.33. The number of carbonyl (C=O) groups is 1. The molecule has 0 aliphatic heterocycles. The third-order valence-corrected chi connectivity index (χ3v) is 3.26. The highest BCUT2D eigenvalue weighted by Crippen LogP contribution is 2.32. The lowest BCUT2D eigenvalue weighted by Gasteiger charge is -2.07. The summed E-state index contributed by atoms with van der Waals surface area (Å²) in [7, 11) is 1.33. The van der Waals surface area contributed by atoms with E-state index >= 15 is 0 Å². The Hall–Kier alpha value is -3.20. The summed E-state index contributed by atoms with van der Waals surface area (Å²) >= 11 is 5.83. The predicted molar refractivity (Wildman–Crippen MR) is 82.7 cm³/mol. The van der Waals surface area contributed by atoms with Gasteiger partial charge in [0, 0.05) is 12.1 Å². The Labute approximate surface area is 139 Å². The number of esters is 1. The number of rotatable bonds is 5. The molecule has 0 fully saturated rings. The van der Waals surface area contributed by atoms with Gasteiger partial charge >= 0.3 is 11.7 Å². The van der Waals surface area contributed by atoms with E-state index in [9.17, 15) is 25.0 Å². The number of non-ortho nitro benzene ring substituents is 1. The van der Waals surface area contributed by atoms with Gasteiger partial charge in [0.15, 0.2) is 0 Å². The van der Waals surface area contributed by atoms with Crippen LogP contribution in [0.2, 0.25) is 5.02 Å². The molecular weight excluding hydrogens is 344 g/mol. The van der Waals surface area contributed by atoms with E-state index in [4.69, 9.17) is 21.1 Å². The monoisotopic (exact) mass is 352 g/mol. The number of nitro benzene ring substituents is 2. The summed E-state index contributed by atoms with van der Waals surface area (Å²) in [6.45, 7) is 0. The molecule has 0 saturated heterocycles. The molecule has 0 spiro atoms. The van der Waals surface area contributed by atoms with Crippen LogP contribution < -0.4 is 9.47 Å². The summed E-state index contributed by atoms with van der Waals surface area (Å²) in [5, 5.41) is 21.5. The molecule has 0 aliphatic rings. The van der Waals surface area contributed by atoms with Gasteiger partial charge in [-0.05, 0) is 18.2 Å². The van der Waals surface area contributed by atoms with Crippen LogP contribution in [0.1, 0.15) is 10.4 Å². The van der Waals surface area contributed by atoms with Gasteiger partial charge in [-0.15, -0.1) is 0 Å². The molecule has 0 radical (unpaired) electrons. The van der Waals surface area contributed by atoms with Crippen LogP contribution in [0.15, 0.2) is 36.4 Å². The predicted octanol–water partition coefficient (Wildman–Crippen LogP) is 3.38. The van der Waals surface area contributed by atoms with Crippen LogP contribution in [0.4, 0.5) is 11.4 Å². The fraction of sp³-hybridized carbons (Fsp3) is 0.0714. The van der Waals surface area contributed by atoms with Crippen molar-refractivity contribution in [3.8, 4) is 11.5 Å². The second-order valence-electron chi connectivity index (χ2n) is 4.40. The number of hydrogen-bond acceptors (Lipinski definition) is 7. The van der Waals surface area contributed by atoms with Crippen LogP contribution in [0.3, 0.4) is 0 Å². The summed E-state index contributed by atoms with van der Waals surface area (Å²) in [6, 6.07) is 6.85. The van der Waals surface area contributed by atoms with Gasteiger partial charge in [0.1, 0.15) is 5.75 Å². The molecule has 0 N–H and O–H groups in total. The van der Waals surface area contributed by atoms with E-state index in [-0.39, 0.29) is 27.8 Å². The smallest absolute Gasteiger partial charge is 0.345 e. The lowest BCUT2D eigenvalue weighted by atomic mass is 10.2. The Morgan fingerprint density at radius 1 is 1.08 bits per heavy atom. The maximum Gasteiger partial charge on any atom is 0.345 e. The van der Waals surface area contributed by atoms with Gasteiger partial charge in [-0.2, -0.15) is 0 Å². The van der Waals surface area contributed by atoms with Crippen LogP contribution in [0.25, 0.3) is 0 Å². The van der Waals surface area contributed by atoms with Gasteiger partial charge < -0.3 is 9.47 Å². The molecule has 2 rings (SSSR count). The van der Waals surface area contributed by atoms with E-state index in [0.29, 0.717) is 0 Å². The van der Waals surface area contributed by atoms with E-state index < -0.39 is 21.5 Å². The largest absolute Gasteiger partial charge is 0.496 e. The van der Waals surface area contributed by atoms with Crippen molar-refractivity contribution in [2.24, 2.45) is 0 Å². The van der Waals surface area contributed by atoms with E-state index in [1.54, 1.807) is 0 Å². The Morgan fingerprint density at radius 2 is 1.79 bits per heavy atom. The molecule has 0 aliphatic carbocycles. The van der Waals surface area contributed by atoms with Crippen molar-refractivity contribution in [1.29, 1.82) is 0 Å². The highest BCUT2D eigenvalue weighted by atomic mass is 35.5. The minimum atomic E-state index is -0.983. The standard InChI is InChI=1S/C14H9ClN2O7/c1-23-9-3-5-13(12(7-9)17(21)22)24-14(18)10-4-2-8(16(19)20)6-11(10)15/h2-7H,1H3. The first kappa shape index (κ1) is 17.2. The second kappa shape index (κ2) is 6.92. The molecule has 124 valence electrons. The van der Waals surface area contributed by atoms with E-state index in [2.05, 4.69) is 0 Å². The third kappa shape index (κ3) is 3.58. The van der Waals surface area contributed by atoms with Gasteiger partial charge in [0.05, 0.1) is 33.6 Å². The fourth-order valence-corrected chi connectivity index (χ4v) is 2.04. The van der Waals surface area contributed by atoms with Crippen LogP contribution in [-0.2, 0) is 0 Å². The van der Waals surface area contributed by atoms with Gasteiger partial charge in [0.2, 0.25) is 5.75 Å². The zero-order valence-corrected chi connectivity index (χ0v) is 12.9. The molecule has 0 amide bonds. The minimum absolute atomic E-state index is 0.160. The SMILES string of the molecule is COc1ccc(OC(=O)c2ccc([N+](=O)[O-])cc2Cl)c([N+](=O)[O-])c1. The second-order valence-corrected chi connectivity index (χ2v) is 4.81. The van der Waals surface area contributed by atoms with Gasteiger partial charge in [-0.3, -0.25) is 20.2 Å². The third-order valence-electron chi connectivity index (χ3n) is 2.95. The zero-order valence-electron chi connectivity index (χ0n) is 12.1. The van der Waals surface area contributed by atoms with Crippen LogP contribution in [0, 0.1) is 20.2 Å². The summed E-state index contributed by atoms with van der Waals surface area (Å²) in [5.74, 6) is -1.07. The number of methoxy groups -OCH3 is 1.